The number of rotatable bonds is 4. The highest BCUT2D eigenvalue weighted by molar-refractivity contribution is 6.04. The van der Waals surface area contributed by atoms with E-state index in [9.17, 15) is 9.59 Å². The van der Waals surface area contributed by atoms with Gasteiger partial charge in [0, 0.05) is 25.5 Å². The fourth-order valence-corrected chi connectivity index (χ4v) is 4.26. The van der Waals surface area contributed by atoms with Gasteiger partial charge >= 0.3 is 6.03 Å². The van der Waals surface area contributed by atoms with Crippen molar-refractivity contribution in [2.24, 2.45) is 10.9 Å². The van der Waals surface area contributed by atoms with E-state index in [2.05, 4.69) is 24.0 Å². The molecule has 7 heteroatoms. The minimum absolute atomic E-state index is 0.0734. The Morgan fingerprint density at radius 2 is 1.79 bits per heavy atom. The summed E-state index contributed by atoms with van der Waals surface area (Å²) in [5.41, 5.74) is 2.21. The van der Waals surface area contributed by atoms with E-state index in [1.54, 1.807) is 11.9 Å². The van der Waals surface area contributed by atoms with E-state index in [1.165, 1.54) is 10.5 Å². The summed E-state index contributed by atoms with van der Waals surface area (Å²) in [5, 5.41) is 0. The molecular formula is C21H27N5O2. The van der Waals surface area contributed by atoms with Crippen LogP contribution in [0.1, 0.15) is 39.3 Å². The largest absolute Gasteiger partial charge is 0.328 e. The van der Waals surface area contributed by atoms with E-state index in [1.807, 2.05) is 50.1 Å². The first kappa shape index (κ1) is 18.5. The van der Waals surface area contributed by atoms with Crippen LogP contribution in [0.2, 0.25) is 0 Å². The van der Waals surface area contributed by atoms with E-state index in [4.69, 9.17) is 4.99 Å². The third-order valence-corrected chi connectivity index (χ3v) is 5.65. The van der Waals surface area contributed by atoms with Crippen molar-refractivity contribution in [2.45, 2.75) is 45.9 Å². The molecule has 3 atom stereocenters. The number of fused-ring (bicyclic) bond motifs is 3. The normalized spacial score (nSPS) is 25.2. The van der Waals surface area contributed by atoms with Crippen molar-refractivity contribution in [1.29, 1.82) is 0 Å². The zero-order valence-corrected chi connectivity index (χ0v) is 17.0. The zero-order chi connectivity index (χ0) is 20.2. The fourth-order valence-electron chi connectivity index (χ4n) is 4.26. The molecule has 1 saturated heterocycles. The van der Waals surface area contributed by atoms with Crippen LogP contribution >= 0.6 is 0 Å². The topological polar surface area (TPSA) is 59.5 Å². The molecule has 0 aliphatic carbocycles. The van der Waals surface area contributed by atoms with Gasteiger partial charge in [-0.3, -0.25) is 9.69 Å². The van der Waals surface area contributed by atoms with Crippen LogP contribution in [0, 0.1) is 5.92 Å². The lowest BCUT2D eigenvalue weighted by Gasteiger charge is -2.40. The van der Waals surface area contributed by atoms with Gasteiger partial charge in [0.1, 0.15) is 0 Å². The van der Waals surface area contributed by atoms with Crippen LogP contribution in [0.4, 0.5) is 4.79 Å². The highest BCUT2D eigenvalue weighted by atomic mass is 16.2. The van der Waals surface area contributed by atoms with Crippen LogP contribution < -0.4 is 0 Å². The molecule has 3 heterocycles. The summed E-state index contributed by atoms with van der Waals surface area (Å²) in [6.45, 7) is 8.59. The Bertz CT molecular complexity index is 863. The quantitative estimate of drug-likeness (QED) is 0.805. The average Bonchev–Trinajstić information content (AvgIpc) is 3.18. The van der Waals surface area contributed by atoms with Crippen molar-refractivity contribution in [1.82, 2.24) is 19.6 Å². The van der Waals surface area contributed by atoms with Gasteiger partial charge in [-0.25, -0.2) is 9.79 Å². The summed E-state index contributed by atoms with van der Waals surface area (Å²) in [5.74, 6) is 0.784. The Hall–Kier alpha value is -2.83. The minimum Gasteiger partial charge on any atom is -0.308 e. The Labute approximate surface area is 165 Å². The number of imide groups is 1. The predicted octanol–water partition coefficient (Wildman–Crippen LogP) is 2.84. The van der Waals surface area contributed by atoms with E-state index < -0.39 is 12.2 Å². The van der Waals surface area contributed by atoms with E-state index in [-0.39, 0.29) is 23.9 Å². The molecule has 0 N–H and O–H groups in total. The molecule has 0 bridgehead atoms. The summed E-state index contributed by atoms with van der Waals surface area (Å²) >= 11 is 0. The average molecular weight is 381 g/mol. The molecule has 28 heavy (non-hydrogen) atoms. The Balaban J connectivity index is 1.67. The maximum absolute atomic E-state index is 13.2. The molecule has 7 nitrogen and oxygen atoms in total. The number of carbonyl (C=O) groups excluding carboxylic acids is 2. The van der Waals surface area contributed by atoms with Crippen LogP contribution in [0.15, 0.2) is 47.2 Å². The number of aliphatic imine (C=N–C) groups is 1. The molecule has 3 aliphatic heterocycles. The summed E-state index contributed by atoms with van der Waals surface area (Å²) < 4.78 is 0. The predicted molar refractivity (Wildman–Crippen MR) is 107 cm³/mol. The second-order valence-corrected chi connectivity index (χ2v) is 8.16. The number of hydrogen-bond acceptors (Lipinski definition) is 5. The number of carbonyl (C=O) groups is 2. The van der Waals surface area contributed by atoms with Gasteiger partial charge in [0.25, 0.3) is 5.91 Å². The lowest BCUT2D eigenvalue weighted by molar-refractivity contribution is -0.137. The molecule has 0 aromatic heterocycles. The van der Waals surface area contributed by atoms with Gasteiger partial charge in [-0.05, 0) is 25.3 Å². The minimum atomic E-state index is -0.501. The van der Waals surface area contributed by atoms with E-state index in [0.717, 1.165) is 11.7 Å². The maximum Gasteiger partial charge on any atom is 0.328 e. The molecule has 4 rings (SSSR count). The molecule has 1 aromatic rings. The molecule has 1 aromatic carbocycles. The van der Waals surface area contributed by atoms with Crippen molar-refractivity contribution >= 4 is 17.9 Å². The fraction of sp³-hybridized carbons (Fsp3) is 0.476. The van der Waals surface area contributed by atoms with Gasteiger partial charge in [-0.1, -0.05) is 44.2 Å². The molecule has 3 amide bonds. The van der Waals surface area contributed by atoms with Gasteiger partial charge in [-0.15, -0.1) is 0 Å². The van der Waals surface area contributed by atoms with Crippen LogP contribution in [0.5, 0.6) is 0 Å². The zero-order valence-electron chi connectivity index (χ0n) is 17.0. The highest BCUT2D eigenvalue weighted by Gasteiger charge is 2.54. The number of hydrogen-bond donors (Lipinski definition) is 0. The Kier molecular flexibility index (Phi) is 4.40. The van der Waals surface area contributed by atoms with Gasteiger partial charge in [0.15, 0.2) is 12.2 Å². The Morgan fingerprint density at radius 1 is 1.11 bits per heavy atom. The van der Waals surface area contributed by atoms with Gasteiger partial charge in [0.05, 0.1) is 6.04 Å². The van der Waals surface area contributed by atoms with Crippen LogP contribution in [0.3, 0.4) is 0 Å². The molecule has 0 spiro atoms. The van der Waals surface area contributed by atoms with Crippen molar-refractivity contribution in [2.75, 3.05) is 13.6 Å². The Morgan fingerprint density at radius 3 is 2.43 bits per heavy atom. The third kappa shape index (κ3) is 2.68. The van der Waals surface area contributed by atoms with Crippen molar-refractivity contribution < 1.29 is 9.59 Å². The highest BCUT2D eigenvalue weighted by Crippen LogP contribution is 2.38. The van der Waals surface area contributed by atoms with Gasteiger partial charge < -0.3 is 14.7 Å². The summed E-state index contributed by atoms with van der Waals surface area (Å²) in [7, 11) is 1.73. The summed E-state index contributed by atoms with van der Waals surface area (Å²) in [6, 6.07) is 9.53. The van der Waals surface area contributed by atoms with E-state index >= 15 is 0 Å². The number of amides is 3. The van der Waals surface area contributed by atoms with Crippen molar-refractivity contribution in [3.8, 4) is 0 Å². The second kappa shape index (κ2) is 6.65. The number of guanidine groups is 1. The van der Waals surface area contributed by atoms with Gasteiger partial charge in [-0.2, -0.15) is 0 Å². The molecular weight excluding hydrogens is 354 g/mol. The number of likely N-dealkylation sites (N-methyl/N-ethyl adjacent to an activating group) is 1. The molecule has 3 aliphatic rings. The first-order chi connectivity index (χ1) is 13.3. The van der Waals surface area contributed by atoms with Crippen LogP contribution in [-0.4, -0.2) is 63.3 Å². The standard InChI is InChI=1S/C21H27N5O2/c1-13(2)11-25-19(27)17-18(23(5)21(25)28)22-20-24(17)12-14(3)26(20)15(4)16-9-7-6-8-10-16/h6-10,12-13,15,17-18H,11H2,1-5H3. The van der Waals surface area contributed by atoms with E-state index in [0.29, 0.717) is 6.54 Å². The number of allylic oxidation sites excluding steroid dienone is 1. The van der Waals surface area contributed by atoms with Crippen LogP contribution in [-0.2, 0) is 4.79 Å². The SMILES string of the molecule is CC1=CN2C(=NC3C2C(=O)N(CC(C)C)C(=O)N3C)N1C(C)c1ccccc1. The summed E-state index contributed by atoms with van der Waals surface area (Å²) in [4.78, 5) is 37.8. The number of nitrogens with zero attached hydrogens (tertiary/aromatic N) is 5. The number of benzene rings is 1. The lowest BCUT2D eigenvalue weighted by Crippen LogP contribution is -2.64. The first-order valence-electron chi connectivity index (χ1n) is 9.78. The molecule has 1 fully saturated rings. The molecule has 0 saturated carbocycles. The smallest absolute Gasteiger partial charge is 0.308 e. The first-order valence-corrected chi connectivity index (χ1v) is 9.78. The van der Waals surface area contributed by atoms with Gasteiger partial charge in [0.2, 0.25) is 5.96 Å². The summed E-state index contributed by atoms with van der Waals surface area (Å²) in [6.07, 6.45) is 1.49. The number of urea groups is 1. The molecule has 148 valence electrons. The third-order valence-electron chi connectivity index (χ3n) is 5.65. The molecule has 0 radical (unpaired) electrons. The van der Waals surface area contributed by atoms with Crippen molar-refractivity contribution in [3.63, 3.8) is 0 Å². The second-order valence-electron chi connectivity index (χ2n) is 8.16. The van der Waals surface area contributed by atoms with Crippen molar-refractivity contribution in [3.05, 3.63) is 47.8 Å². The molecule has 3 unspecified atom stereocenters. The van der Waals surface area contributed by atoms with Crippen LogP contribution in [0.25, 0.3) is 0 Å². The lowest BCUT2D eigenvalue weighted by atomic mass is 10.1. The maximum atomic E-state index is 13.2. The monoisotopic (exact) mass is 381 g/mol.